The summed E-state index contributed by atoms with van der Waals surface area (Å²) in [4.78, 5) is 26.9. The fourth-order valence-corrected chi connectivity index (χ4v) is 3.14. The van der Waals surface area contributed by atoms with Gasteiger partial charge in [0, 0.05) is 18.2 Å². The zero-order chi connectivity index (χ0) is 19.1. The molecule has 0 saturated heterocycles. The van der Waals surface area contributed by atoms with E-state index < -0.39 is 0 Å². The molecule has 0 fully saturated rings. The monoisotopic (exact) mass is 358 g/mol. The Bertz CT molecular complexity index is 699. The molecule has 1 aromatic carbocycles. The van der Waals surface area contributed by atoms with Crippen LogP contribution in [0.4, 0.5) is 5.69 Å². The Kier molecular flexibility index (Phi) is 6.83. The molecule has 1 aliphatic heterocycles. The zero-order valence-electron chi connectivity index (χ0n) is 15.5. The van der Waals surface area contributed by atoms with Crippen molar-refractivity contribution in [3.8, 4) is 11.5 Å². The van der Waals surface area contributed by atoms with E-state index in [4.69, 9.17) is 9.47 Å². The van der Waals surface area contributed by atoms with Crippen LogP contribution in [-0.2, 0) is 9.59 Å². The van der Waals surface area contributed by atoms with Gasteiger partial charge in [-0.2, -0.15) is 0 Å². The van der Waals surface area contributed by atoms with Crippen LogP contribution in [0, 0.1) is 0 Å². The van der Waals surface area contributed by atoms with Crippen LogP contribution in [0.5, 0.6) is 11.5 Å². The highest BCUT2D eigenvalue weighted by molar-refractivity contribution is 6.04. The summed E-state index contributed by atoms with van der Waals surface area (Å²) in [7, 11) is 3.06. The van der Waals surface area contributed by atoms with Crippen LogP contribution >= 0.6 is 0 Å². The minimum absolute atomic E-state index is 0.0409. The van der Waals surface area contributed by atoms with E-state index in [1.807, 2.05) is 13.0 Å². The number of nitrogens with one attached hydrogen (secondary N) is 1. The molecule has 0 saturated carbocycles. The normalized spacial score (nSPS) is 19.0. The summed E-state index contributed by atoms with van der Waals surface area (Å²) in [6.45, 7) is 5.71. The van der Waals surface area contributed by atoms with E-state index in [1.165, 1.54) is 7.11 Å². The van der Waals surface area contributed by atoms with Crippen molar-refractivity contribution in [2.45, 2.75) is 38.3 Å². The van der Waals surface area contributed by atoms with Gasteiger partial charge < -0.3 is 19.7 Å². The van der Waals surface area contributed by atoms with Gasteiger partial charge in [-0.25, -0.2) is 0 Å². The Hall–Kier alpha value is -2.76. The van der Waals surface area contributed by atoms with Crippen LogP contribution in [0.1, 0.15) is 26.2 Å². The van der Waals surface area contributed by atoms with Gasteiger partial charge in [0.15, 0.2) is 0 Å². The Morgan fingerprint density at radius 1 is 1.35 bits per heavy atom. The number of anilines is 1. The Morgan fingerprint density at radius 2 is 2.12 bits per heavy atom. The fourth-order valence-electron chi connectivity index (χ4n) is 3.14. The van der Waals surface area contributed by atoms with Crippen molar-refractivity contribution in [2.75, 3.05) is 19.5 Å². The molecule has 6 nitrogen and oxygen atoms in total. The van der Waals surface area contributed by atoms with E-state index in [9.17, 15) is 9.59 Å². The molecule has 1 aromatic rings. The fraction of sp³-hybridized carbons (Fsp3) is 0.400. The smallest absolute Gasteiger partial charge is 0.233 e. The summed E-state index contributed by atoms with van der Waals surface area (Å²) in [5, 5.41) is 2.74. The number of carbonyl (C=O) groups excluding carboxylic acids is 2. The van der Waals surface area contributed by atoms with Crippen molar-refractivity contribution in [1.29, 1.82) is 0 Å². The van der Waals surface area contributed by atoms with Gasteiger partial charge >= 0.3 is 0 Å². The predicted octanol–water partition coefficient (Wildman–Crippen LogP) is 3.15. The molecule has 26 heavy (non-hydrogen) atoms. The van der Waals surface area contributed by atoms with Gasteiger partial charge in [0.05, 0.1) is 19.9 Å². The molecule has 0 bridgehead atoms. The molecule has 0 unspecified atom stereocenters. The minimum Gasteiger partial charge on any atom is -0.497 e. The predicted molar refractivity (Wildman–Crippen MR) is 101 cm³/mol. The first kappa shape index (κ1) is 19.6. The summed E-state index contributed by atoms with van der Waals surface area (Å²) < 4.78 is 10.4. The van der Waals surface area contributed by atoms with Gasteiger partial charge in [-0.15, -0.1) is 6.58 Å². The molecule has 0 aromatic heterocycles. The highest BCUT2D eigenvalue weighted by atomic mass is 16.5. The number of ether oxygens (including phenoxy) is 2. The Morgan fingerprint density at radius 3 is 2.77 bits per heavy atom. The number of hydrogen-bond acceptors (Lipinski definition) is 4. The van der Waals surface area contributed by atoms with Crippen molar-refractivity contribution in [3.63, 3.8) is 0 Å². The second-order valence-corrected chi connectivity index (χ2v) is 6.17. The van der Waals surface area contributed by atoms with E-state index >= 15 is 0 Å². The number of amides is 2. The highest BCUT2D eigenvalue weighted by Gasteiger charge is 2.29. The van der Waals surface area contributed by atoms with Gasteiger partial charge in [0.25, 0.3) is 0 Å². The van der Waals surface area contributed by atoms with Gasteiger partial charge in [0.1, 0.15) is 17.9 Å². The lowest BCUT2D eigenvalue weighted by atomic mass is 9.99. The lowest BCUT2D eigenvalue weighted by Crippen LogP contribution is -2.47. The summed E-state index contributed by atoms with van der Waals surface area (Å²) in [5.74, 6) is 0.507. The largest absolute Gasteiger partial charge is 0.497 e. The lowest BCUT2D eigenvalue weighted by Gasteiger charge is -2.37. The van der Waals surface area contributed by atoms with E-state index in [-0.39, 0.29) is 30.3 Å². The molecule has 2 amide bonds. The van der Waals surface area contributed by atoms with Crippen molar-refractivity contribution >= 4 is 17.5 Å². The lowest BCUT2D eigenvalue weighted by molar-refractivity contribution is -0.137. The second-order valence-electron chi connectivity index (χ2n) is 6.17. The van der Waals surface area contributed by atoms with Crippen molar-refractivity contribution in [1.82, 2.24) is 4.90 Å². The third kappa shape index (κ3) is 4.65. The van der Waals surface area contributed by atoms with Crippen LogP contribution in [0.25, 0.3) is 0 Å². The maximum Gasteiger partial charge on any atom is 0.233 e. The molecule has 1 aliphatic rings. The molecule has 2 rings (SSSR count). The third-order valence-electron chi connectivity index (χ3n) is 4.37. The summed E-state index contributed by atoms with van der Waals surface area (Å²) >= 11 is 0. The van der Waals surface area contributed by atoms with Gasteiger partial charge in [0.2, 0.25) is 11.8 Å². The SMILES string of the molecule is C=CC[C@@H]1CC=C[C@@H](C)N1C(=O)CC(=O)Nc1cc(OC)ccc1OC. The molecule has 1 heterocycles. The summed E-state index contributed by atoms with van der Waals surface area (Å²) in [6.07, 6.45) is 7.10. The molecular formula is C20H26N2O4. The molecule has 2 atom stereocenters. The van der Waals surface area contributed by atoms with E-state index in [0.717, 1.165) is 6.42 Å². The topological polar surface area (TPSA) is 67.9 Å². The maximum absolute atomic E-state index is 12.7. The third-order valence-corrected chi connectivity index (χ3v) is 4.37. The number of hydrogen-bond donors (Lipinski definition) is 1. The Labute approximate surface area is 154 Å². The summed E-state index contributed by atoms with van der Waals surface area (Å²) in [5.41, 5.74) is 0.471. The van der Waals surface area contributed by atoms with Crippen molar-refractivity contribution in [3.05, 3.63) is 43.0 Å². The van der Waals surface area contributed by atoms with Crippen LogP contribution < -0.4 is 14.8 Å². The number of benzene rings is 1. The number of methoxy groups -OCH3 is 2. The second kappa shape index (κ2) is 9.08. The molecular weight excluding hydrogens is 332 g/mol. The quantitative estimate of drug-likeness (QED) is 0.600. The van der Waals surface area contributed by atoms with Crippen LogP contribution in [0.3, 0.4) is 0 Å². The van der Waals surface area contributed by atoms with E-state index in [1.54, 1.807) is 36.3 Å². The van der Waals surface area contributed by atoms with Gasteiger partial charge in [-0.3, -0.25) is 9.59 Å². The molecule has 6 heteroatoms. The molecule has 140 valence electrons. The first-order valence-corrected chi connectivity index (χ1v) is 8.60. The average molecular weight is 358 g/mol. The number of carbonyl (C=O) groups is 2. The first-order chi connectivity index (χ1) is 12.5. The molecule has 0 spiro atoms. The summed E-state index contributed by atoms with van der Waals surface area (Å²) in [6, 6.07) is 5.10. The molecule has 0 radical (unpaired) electrons. The zero-order valence-corrected chi connectivity index (χ0v) is 15.5. The van der Waals surface area contributed by atoms with Crippen LogP contribution in [0.2, 0.25) is 0 Å². The van der Waals surface area contributed by atoms with Gasteiger partial charge in [-0.05, 0) is 31.9 Å². The van der Waals surface area contributed by atoms with E-state index in [2.05, 4.69) is 18.0 Å². The average Bonchev–Trinajstić information content (AvgIpc) is 2.61. The van der Waals surface area contributed by atoms with E-state index in [0.29, 0.717) is 23.6 Å². The highest BCUT2D eigenvalue weighted by Crippen LogP contribution is 2.29. The minimum atomic E-state index is -0.388. The number of rotatable bonds is 7. The standard InChI is InChI=1S/C20H26N2O4/c1-5-7-15-9-6-8-14(2)22(15)20(24)13-19(23)21-17-12-16(25-3)10-11-18(17)26-4/h5-6,8,10-12,14-15H,1,7,9,13H2,2-4H3,(H,21,23)/t14-,15-/m1/s1. The van der Waals surface area contributed by atoms with Crippen LogP contribution in [-0.4, -0.2) is 43.0 Å². The molecule has 0 aliphatic carbocycles. The van der Waals surface area contributed by atoms with Crippen molar-refractivity contribution in [2.24, 2.45) is 0 Å². The molecule has 1 N–H and O–H groups in total. The van der Waals surface area contributed by atoms with Gasteiger partial charge in [-0.1, -0.05) is 18.2 Å². The first-order valence-electron chi connectivity index (χ1n) is 8.60. The van der Waals surface area contributed by atoms with Crippen LogP contribution in [0.15, 0.2) is 43.0 Å². The Balaban J connectivity index is 2.08. The van der Waals surface area contributed by atoms with Crippen molar-refractivity contribution < 1.29 is 19.1 Å². The maximum atomic E-state index is 12.7. The number of nitrogens with zero attached hydrogens (tertiary/aromatic N) is 1.